The van der Waals surface area contributed by atoms with E-state index in [4.69, 9.17) is 4.98 Å². The van der Waals surface area contributed by atoms with Gasteiger partial charge in [-0.05, 0) is 68.7 Å². The van der Waals surface area contributed by atoms with Crippen molar-refractivity contribution < 1.29 is 4.79 Å². The third kappa shape index (κ3) is 3.91. The first-order valence-electron chi connectivity index (χ1n) is 9.59. The third-order valence-corrected chi connectivity index (χ3v) is 5.98. The highest BCUT2D eigenvalue weighted by molar-refractivity contribution is 7.22. The van der Waals surface area contributed by atoms with Crippen LogP contribution < -0.4 is 4.90 Å². The number of hydrogen-bond acceptors (Lipinski definition) is 4. The Bertz CT molecular complexity index is 1200. The van der Waals surface area contributed by atoms with Gasteiger partial charge in [-0.1, -0.05) is 41.2 Å². The fourth-order valence-electron chi connectivity index (χ4n) is 3.55. The van der Waals surface area contributed by atoms with Crippen LogP contribution in [-0.4, -0.2) is 15.9 Å². The minimum absolute atomic E-state index is 0.0541. The standard InChI is InChI=1S/C24H23N3OS/c1-15-8-9-20(17(3)11-15)23(28)27(14-19-7-5-6-10-25-19)24-26-22-18(4)12-16(2)13-21(22)29-24/h5-13H,14H2,1-4H3. The molecule has 1 amide bonds. The van der Waals surface area contributed by atoms with Gasteiger partial charge in [-0.25, -0.2) is 4.98 Å². The van der Waals surface area contributed by atoms with Crippen LogP contribution in [0, 0.1) is 27.7 Å². The van der Waals surface area contributed by atoms with E-state index >= 15 is 0 Å². The maximum absolute atomic E-state index is 13.6. The van der Waals surface area contributed by atoms with Crippen molar-refractivity contribution in [2.24, 2.45) is 0 Å². The monoisotopic (exact) mass is 401 g/mol. The molecule has 0 fully saturated rings. The van der Waals surface area contributed by atoms with Crippen LogP contribution in [0.4, 0.5) is 5.13 Å². The zero-order valence-corrected chi connectivity index (χ0v) is 17.9. The average molecular weight is 402 g/mol. The summed E-state index contributed by atoms with van der Waals surface area (Å²) >= 11 is 1.55. The number of rotatable bonds is 4. The zero-order chi connectivity index (χ0) is 20.5. The van der Waals surface area contributed by atoms with E-state index < -0.39 is 0 Å². The van der Waals surface area contributed by atoms with Gasteiger partial charge in [0.05, 0.1) is 22.5 Å². The van der Waals surface area contributed by atoms with Crippen molar-refractivity contribution in [3.8, 4) is 0 Å². The van der Waals surface area contributed by atoms with Gasteiger partial charge in [0.25, 0.3) is 5.91 Å². The summed E-state index contributed by atoms with van der Waals surface area (Å²) in [5.74, 6) is -0.0541. The molecule has 0 aliphatic heterocycles. The smallest absolute Gasteiger partial charge is 0.260 e. The minimum Gasteiger partial charge on any atom is -0.278 e. The molecule has 0 saturated carbocycles. The first-order chi connectivity index (χ1) is 13.9. The maximum Gasteiger partial charge on any atom is 0.260 e. The van der Waals surface area contributed by atoms with E-state index in [2.05, 4.69) is 31.0 Å². The minimum atomic E-state index is -0.0541. The summed E-state index contributed by atoms with van der Waals surface area (Å²) in [5.41, 5.74) is 6.91. The number of carbonyl (C=O) groups is 1. The number of amides is 1. The summed E-state index contributed by atoms with van der Waals surface area (Å²) in [6.45, 7) is 8.54. The molecule has 0 N–H and O–H groups in total. The molecule has 0 atom stereocenters. The Balaban J connectivity index is 1.82. The summed E-state index contributed by atoms with van der Waals surface area (Å²) in [6, 6.07) is 15.9. The molecule has 0 spiro atoms. The molecule has 4 nitrogen and oxygen atoms in total. The number of hydrogen-bond donors (Lipinski definition) is 0. The van der Waals surface area contributed by atoms with Crippen molar-refractivity contribution in [1.82, 2.24) is 9.97 Å². The van der Waals surface area contributed by atoms with Crippen molar-refractivity contribution >= 4 is 32.6 Å². The van der Waals surface area contributed by atoms with Gasteiger partial charge in [-0.2, -0.15) is 0 Å². The largest absolute Gasteiger partial charge is 0.278 e. The number of aryl methyl sites for hydroxylation is 4. The predicted octanol–water partition coefficient (Wildman–Crippen LogP) is 5.77. The number of aromatic nitrogens is 2. The lowest BCUT2D eigenvalue weighted by Gasteiger charge is -2.20. The molecular formula is C24H23N3OS. The first kappa shape index (κ1) is 19.3. The van der Waals surface area contributed by atoms with Crippen molar-refractivity contribution in [1.29, 1.82) is 0 Å². The second-order valence-electron chi connectivity index (χ2n) is 7.46. The molecule has 0 saturated heterocycles. The number of nitrogens with zero attached hydrogens (tertiary/aromatic N) is 3. The van der Waals surface area contributed by atoms with E-state index in [1.807, 2.05) is 50.2 Å². The molecule has 146 valence electrons. The van der Waals surface area contributed by atoms with Crippen LogP contribution in [0.2, 0.25) is 0 Å². The van der Waals surface area contributed by atoms with Crippen molar-refractivity contribution in [2.75, 3.05) is 4.90 Å². The van der Waals surface area contributed by atoms with Gasteiger partial charge in [0.15, 0.2) is 5.13 Å². The summed E-state index contributed by atoms with van der Waals surface area (Å²) < 4.78 is 1.09. The molecule has 4 rings (SSSR count). The van der Waals surface area contributed by atoms with Gasteiger partial charge < -0.3 is 0 Å². The fraction of sp³-hybridized carbons (Fsp3) is 0.208. The lowest BCUT2D eigenvalue weighted by atomic mass is 10.0. The van der Waals surface area contributed by atoms with E-state index in [9.17, 15) is 4.79 Å². The zero-order valence-electron chi connectivity index (χ0n) is 17.1. The van der Waals surface area contributed by atoms with Crippen molar-refractivity contribution in [3.63, 3.8) is 0 Å². The lowest BCUT2D eigenvalue weighted by molar-refractivity contribution is 0.0984. The Labute approximate surface area is 174 Å². The van der Waals surface area contributed by atoms with Gasteiger partial charge in [-0.3, -0.25) is 14.7 Å². The number of thiazole rings is 1. The van der Waals surface area contributed by atoms with Gasteiger partial charge in [-0.15, -0.1) is 0 Å². The van der Waals surface area contributed by atoms with Gasteiger partial charge in [0.1, 0.15) is 0 Å². The van der Waals surface area contributed by atoms with E-state index in [0.29, 0.717) is 17.2 Å². The van der Waals surface area contributed by atoms with Crippen LogP contribution in [0.15, 0.2) is 54.7 Å². The highest BCUT2D eigenvalue weighted by Crippen LogP contribution is 2.33. The van der Waals surface area contributed by atoms with Crippen LogP contribution in [0.3, 0.4) is 0 Å². The van der Waals surface area contributed by atoms with Gasteiger partial charge in [0.2, 0.25) is 0 Å². The summed E-state index contributed by atoms with van der Waals surface area (Å²) in [7, 11) is 0. The summed E-state index contributed by atoms with van der Waals surface area (Å²) in [4.78, 5) is 24.6. The van der Waals surface area contributed by atoms with Gasteiger partial charge in [0, 0.05) is 11.8 Å². The van der Waals surface area contributed by atoms with E-state index in [0.717, 1.165) is 32.6 Å². The van der Waals surface area contributed by atoms with Crippen LogP contribution >= 0.6 is 11.3 Å². The lowest BCUT2D eigenvalue weighted by Crippen LogP contribution is -2.31. The number of fused-ring (bicyclic) bond motifs is 1. The highest BCUT2D eigenvalue weighted by Gasteiger charge is 2.24. The van der Waals surface area contributed by atoms with Crippen LogP contribution in [0.25, 0.3) is 10.2 Å². The number of pyridine rings is 1. The topological polar surface area (TPSA) is 46.1 Å². The quantitative estimate of drug-likeness (QED) is 0.436. The molecular weight excluding hydrogens is 378 g/mol. The maximum atomic E-state index is 13.6. The molecule has 0 bridgehead atoms. The second kappa shape index (κ2) is 7.76. The van der Waals surface area contributed by atoms with Gasteiger partial charge >= 0.3 is 0 Å². The molecule has 5 heteroatoms. The van der Waals surface area contributed by atoms with Crippen molar-refractivity contribution in [3.05, 3.63) is 88.2 Å². The average Bonchev–Trinajstić information content (AvgIpc) is 3.10. The predicted molar refractivity (Wildman–Crippen MR) is 120 cm³/mol. The third-order valence-electron chi connectivity index (χ3n) is 4.95. The fourth-order valence-corrected chi connectivity index (χ4v) is 4.69. The van der Waals surface area contributed by atoms with E-state index in [-0.39, 0.29) is 5.91 Å². The Morgan fingerprint density at radius 1 is 0.966 bits per heavy atom. The Hall–Kier alpha value is -3.05. The van der Waals surface area contributed by atoms with Crippen LogP contribution in [-0.2, 0) is 6.54 Å². The number of benzene rings is 2. The first-order valence-corrected chi connectivity index (χ1v) is 10.4. The SMILES string of the molecule is Cc1ccc(C(=O)N(Cc2ccccn2)c2nc3c(C)cc(C)cc3s2)c(C)c1. The van der Waals surface area contributed by atoms with Crippen molar-refractivity contribution in [2.45, 2.75) is 34.2 Å². The molecule has 2 heterocycles. The summed E-state index contributed by atoms with van der Waals surface area (Å²) in [5, 5.41) is 0.698. The molecule has 0 radical (unpaired) electrons. The molecule has 0 unspecified atom stereocenters. The van der Waals surface area contributed by atoms with Crippen LogP contribution in [0.5, 0.6) is 0 Å². The van der Waals surface area contributed by atoms with Crippen LogP contribution in [0.1, 0.15) is 38.3 Å². The molecule has 0 aliphatic rings. The number of carbonyl (C=O) groups excluding carboxylic acids is 1. The molecule has 0 aliphatic carbocycles. The Morgan fingerprint density at radius 3 is 2.48 bits per heavy atom. The Morgan fingerprint density at radius 2 is 1.76 bits per heavy atom. The second-order valence-corrected chi connectivity index (χ2v) is 8.46. The normalized spacial score (nSPS) is 11.0. The summed E-state index contributed by atoms with van der Waals surface area (Å²) in [6.07, 6.45) is 1.75. The molecule has 2 aromatic carbocycles. The molecule has 2 aromatic heterocycles. The molecule has 4 aromatic rings. The number of anilines is 1. The highest BCUT2D eigenvalue weighted by atomic mass is 32.1. The Kier molecular flexibility index (Phi) is 5.16. The van der Waals surface area contributed by atoms with E-state index in [1.165, 1.54) is 5.56 Å². The molecule has 29 heavy (non-hydrogen) atoms. The van der Waals surface area contributed by atoms with E-state index in [1.54, 1.807) is 22.4 Å².